The zero-order valence-corrected chi connectivity index (χ0v) is 26.1. The first-order chi connectivity index (χ1) is 19.0. The number of unbranched alkanes of at least 4 members (excludes halogenated alkanes) is 11. The van der Waals surface area contributed by atoms with E-state index in [-0.39, 0.29) is 11.3 Å². The Morgan fingerprint density at radius 3 is 2.02 bits per heavy atom. The number of carbonyl (C=O) groups excluding carboxylic acids is 2. The minimum Gasteiger partial charge on any atom is -0.387 e. The summed E-state index contributed by atoms with van der Waals surface area (Å²) >= 11 is 0. The van der Waals surface area contributed by atoms with Gasteiger partial charge in [-0.2, -0.15) is 0 Å². The van der Waals surface area contributed by atoms with Crippen molar-refractivity contribution in [3.8, 4) is 0 Å². The number of rotatable bonds is 20. The predicted molar refractivity (Wildman–Crippen MR) is 161 cm³/mol. The number of allylic oxidation sites excluding steroid dienone is 1. The van der Waals surface area contributed by atoms with Crippen molar-refractivity contribution in [2.75, 3.05) is 20.2 Å². The summed E-state index contributed by atoms with van der Waals surface area (Å²) in [7, 11) is 1.26. The Kier molecular flexibility index (Phi) is 18.6. The van der Waals surface area contributed by atoms with Crippen molar-refractivity contribution in [2.45, 2.75) is 154 Å². The maximum Gasteiger partial charge on any atom is 0.252 e. The van der Waals surface area contributed by atoms with Gasteiger partial charge in [0, 0.05) is 20.2 Å². The van der Waals surface area contributed by atoms with Gasteiger partial charge in [0.1, 0.15) is 24.4 Å². The fourth-order valence-corrected chi connectivity index (χ4v) is 5.14. The molecule has 40 heavy (non-hydrogen) atoms. The maximum absolute atomic E-state index is 13.2. The van der Waals surface area contributed by atoms with Crippen LogP contribution in [0.1, 0.15) is 124 Å². The van der Waals surface area contributed by atoms with Gasteiger partial charge in [0.25, 0.3) is 5.91 Å². The van der Waals surface area contributed by atoms with Gasteiger partial charge in [-0.1, -0.05) is 110 Å². The second kappa shape index (κ2) is 20.4. The van der Waals surface area contributed by atoms with Gasteiger partial charge in [0.2, 0.25) is 5.91 Å². The first-order valence-electron chi connectivity index (χ1n) is 15.9. The van der Waals surface area contributed by atoms with Crippen LogP contribution in [-0.2, 0) is 14.3 Å². The number of aliphatic hydroxyl groups excluding tert-OH is 3. The van der Waals surface area contributed by atoms with E-state index < -0.39 is 36.4 Å². The van der Waals surface area contributed by atoms with Gasteiger partial charge in [-0.25, -0.2) is 0 Å². The predicted octanol–water partition coefficient (Wildman–Crippen LogP) is 4.88. The molecule has 0 spiro atoms. The minimum absolute atomic E-state index is 0.105. The monoisotopic (exact) mass is 568 g/mol. The lowest BCUT2D eigenvalue weighted by molar-refractivity contribution is -0.151. The van der Waals surface area contributed by atoms with E-state index in [0.717, 1.165) is 25.7 Å². The van der Waals surface area contributed by atoms with Crippen molar-refractivity contribution in [3.63, 3.8) is 0 Å². The van der Waals surface area contributed by atoms with Crippen LogP contribution in [0.3, 0.4) is 0 Å². The van der Waals surface area contributed by atoms with Crippen LogP contribution in [0.4, 0.5) is 0 Å². The molecule has 2 amide bonds. The van der Waals surface area contributed by atoms with Gasteiger partial charge in [0.15, 0.2) is 6.10 Å². The lowest BCUT2D eigenvalue weighted by atomic mass is 9.94. The summed E-state index contributed by atoms with van der Waals surface area (Å²) in [6.45, 7) is 9.44. The van der Waals surface area contributed by atoms with Crippen molar-refractivity contribution in [2.24, 2.45) is 5.41 Å². The molecule has 0 aliphatic carbocycles. The Hall–Kier alpha value is -1.48. The van der Waals surface area contributed by atoms with E-state index in [0.29, 0.717) is 19.5 Å². The lowest BCUT2D eigenvalue weighted by Gasteiger charge is -2.29. The summed E-state index contributed by atoms with van der Waals surface area (Å²) < 4.78 is 5.19. The number of aliphatic hydroxyl groups is 3. The van der Waals surface area contributed by atoms with Gasteiger partial charge < -0.3 is 30.3 Å². The summed E-state index contributed by atoms with van der Waals surface area (Å²) in [5.74, 6) is -0.779. The molecule has 0 aromatic rings. The average Bonchev–Trinajstić information content (AvgIpc) is 3.08. The summed E-state index contributed by atoms with van der Waals surface area (Å²) in [5.41, 5.74) is -0.220. The van der Waals surface area contributed by atoms with Crippen LogP contribution in [0.25, 0.3) is 0 Å². The van der Waals surface area contributed by atoms with Crippen LogP contribution in [0.15, 0.2) is 12.2 Å². The third kappa shape index (κ3) is 14.9. The molecule has 0 aromatic carbocycles. The Bertz CT molecular complexity index is 723. The van der Waals surface area contributed by atoms with Gasteiger partial charge in [-0.05, 0) is 31.1 Å². The highest BCUT2D eigenvalue weighted by Gasteiger charge is 2.37. The van der Waals surface area contributed by atoms with Crippen LogP contribution in [-0.4, -0.2) is 82.7 Å². The van der Waals surface area contributed by atoms with Gasteiger partial charge in [-0.3, -0.25) is 9.59 Å². The number of carbonyl (C=O) groups is 2. The molecule has 0 saturated carbocycles. The molecule has 0 bridgehead atoms. The van der Waals surface area contributed by atoms with Gasteiger partial charge in [-0.15, -0.1) is 0 Å². The second-order valence-corrected chi connectivity index (χ2v) is 12.6. The molecular formula is C32H60N2O6. The summed E-state index contributed by atoms with van der Waals surface area (Å²) in [5, 5.41) is 34.1. The standard InChI is InChI=1S/C32H60N2O6/c1-6-7-8-9-10-11-12-13-14-15-16-18-23-34-24-19-17-20-25(31(34)39)33-30(38)29(40-5)28(37)27(36)26(35)21-22-32(2,3)4/h21-22,25-29,35-37H,6-20,23-24H2,1-5H3,(H,33,38)/b22-21+/t25-,26+,27-,28+,29+/m0/s1. The smallest absolute Gasteiger partial charge is 0.252 e. The molecule has 1 aliphatic rings. The Morgan fingerprint density at radius 1 is 0.950 bits per heavy atom. The average molecular weight is 569 g/mol. The molecule has 4 N–H and O–H groups in total. The molecule has 234 valence electrons. The maximum atomic E-state index is 13.2. The minimum atomic E-state index is -1.66. The van der Waals surface area contributed by atoms with E-state index in [4.69, 9.17) is 4.74 Å². The van der Waals surface area contributed by atoms with Gasteiger partial charge >= 0.3 is 0 Å². The molecule has 1 rings (SSSR count). The van der Waals surface area contributed by atoms with Crippen molar-refractivity contribution < 1.29 is 29.6 Å². The van der Waals surface area contributed by atoms with E-state index in [1.807, 2.05) is 25.7 Å². The number of methoxy groups -OCH3 is 1. The zero-order valence-electron chi connectivity index (χ0n) is 26.1. The molecular weight excluding hydrogens is 508 g/mol. The first-order valence-corrected chi connectivity index (χ1v) is 15.9. The molecule has 1 heterocycles. The van der Waals surface area contributed by atoms with E-state index in [9.17, 15) is 24.9 Å². The first kappa shape index (κ1) is 36.5. The van der Waals surface area contributed by atoms with Crippen molar-refractivity contribution in [1.29, 1.82) is 0 Å². The Labute approximate surface area is 243 Å². The largest absolute Gasteiger partial charge is 0.387 e. The molecule has 8 nitrogen and oxygen atoms in total. The molecule has 1 aliphatic heterocycles. The summed E-state index contributed by atoms with van der Waals surface area (Å²) in [6, 6.07) is -0.694. The highest BCUT2D eigenvalue weighted by molar-refractivity contribution is 5.89. The zero-order chi connectivity index (χ0) is 30.0. The molecule has 5 atom stereocenters. The topological polar surface area (TPSA) is 119 Å². The number of nitrogens with zero attached hydrogens (tertiary/aromatic N) is 1. The SMILES string of the molecule is CCCCCCCCCCCCCCN1CCCC[C@H](NC(=O)[C@H](OC)[C@H](O)[C@@H](O)[C@H](O)/C=C/C(C)(C)C)C1=O. The normalized spacial score (nSPS) is 19.9. The highest BCUT2D eigenvalue weighted by atomic mass is 16.5. The third-order valence-corrected chi connectivity index (χ3v) is 7.69. The number of likely N-dealkylation sites (tertiary alicyclic amines) is 1. The molecule has 1 saturated heterocycles. The second-order valence-electron chi connectivity index (χ2n) is 12.6. The van der Waals surface area contributed by atoms with E-state index in [1.165, 1.54) is 77.4 Å². The number of hydrogen-bond donors (Lipinski definition) is 4. The Morgan fingerprint density at radius 2 is 1.50 bits per heavy atom. The molecule has 0 aromatic heterocycles. The van der Waals surface area contributed by atoms with Crippen LogP contribution in [0.2, 0.25) is 0 Å². The summed E-state index contributed by atoms with van der Waals surface area (Å²) in [4.78, 5) is 28.1. The number of amides is 2. The quantitative estimate of drug-likeness (QED) is 0.123. The van der Waals surface area contributed by atoms with Crippen LogP contribution >= 0.6 is 0 Å². The van der Waals surface area contributed by atoms with Crippen molar-refractivity contribution in [3.05, 3.63) is 12.2 Å². The number of nitrogens with one attached hydrogen (secondary N) is 1. The summed E-state index contributed by atoms with van der Waals surface area (Å²) in [6.07, 6.45) is 14.4. The van der Waals surface area contributed by atoms with Crippen LogP contribution in [0.5, 0.6) is 0 Å². The van der Waals surface area contributed by atoms with Crippen molar-refractivity contribution in [1.82, 2.24) is 10.2 Å². The Balaban J connectivity index is 2.47. The number of hydrogen-bond acceptors (Lipinski definition) is 6. The van der Waals surface area contributed by atoms with E-state index in [1.54, 1.807) is 6.08 Å². The molecule has 0 unspecified atom stereocenters. The fourth-order valence-electron chi connectivity index (χ4n) is 5.14. The molecule has 0 radical (unpaired) electrons. The molecule has 8 heteroatoms. The number of ether oxygens (including phenoxy) is 1. The van der Waals surface area contributed by atoms with Crippen LogP contribution < -0.4 is 5.32 Å². The highest BCUT2D eigenvalue weighted by Crippen LogP contribution is 2.18. The van der Waals surface area contributed by atoms with Crippen LogP contribution in [0, 0.1) is 5.41 Å². The van der Waals surface area contributed by atoms with E-state index >= 15 is 0 Å². The van der Waals surface area contributed by atoms with Crippen molar-refractivity contribution >= 4 is 11.8 Å². The third-order valence-electron chi connectivity index (χ3n) is 7.69. The van der Waals surface area contributed by atoms with E-state index in [2.05, 4.69) is 12.2 Å². The molecule has 1 fully saturated rings. The lowest BCUT2D eigenvalue weighted by Crippen LogP contribution is -2.55. The fraction of sp³-hybridized carbons (Fsp3) is 0.875. The van der Waals surface area contributed by atoms with Gasteiger partial charge in [0.05, 0.1) is 0 Å².